The lowest BCUT2D eigenvalue weighted by Crippen LogP contribution is -2.34. The fraction of sp³-hybridized carbons (Fsp3) is 0.500. The Bertz CT molecular complexity index is 674. The zero-order chi connectivity index (χ0) is 17.5. The van der Waals surface area contributed by atoms with Crippen molar-refractivity contribution in [3.05, 3.63) is 36.8 Å². The first-order chi connectivity index (χ1) is 12.2. The molecule has 0 radical (unpaired) electrons. The van der Waals surface area contributed by atoms with E-state index in [4.69, 9.17) is 4.74 Å². The van der Waals surface area contributed by atoms with Gasteiger partial charge in [0.1, 0.15) is 0 Å². The van der Waals surface area contributed by atoms with Crippen molar-refractivity contribution in [3.8, 4) is 5.82 Å². The van der Waals surface area contributed by atoms with Gasteiger partial charge < -0.3 is 15.4 Å². The Balaban J connectivity index is 1.45. The third-order valence-electron chi connectivity index (χ3n) is 4.51. The van der Waals surface area contributed by atoms with Gasteiger partial charge in [0.2, 0.25) is 0 Å². The highest BCUT2D eigenvalue weighted by atomic mass is 16.5. The molecular weight excluding hydrogens is 318 g/mol. The first kappa shape index (κ1) is 17.4. The molecule has 7 heteroatoms. The molecular formula is C18H25N5O2. The van der Waals surface area contributed by atoms with Crippen LogP contribution in [0.5, 0.6) is 0 Å². The predicted octanol–water partition coefficient (Wildman–Crippen LogP) is 2.98. The fourth-order valence-corrected chi connectivity index (χ4v) is 3.14. The zero-order valence-electron chi connectivity index (χ0n) is 14.5. The zero-order valence-corrected chi connectivity index (χ0v) is 14.5. The third-order valence-corrected chi connectivity index (χ3v) is 4.51. The molecule has 0 aliphatic heterocycles. The lowest BCUT2D eigenvalue weighted by molar-refractivity contribution is -0.00232. The average Bonchev–Trinajstić information content (AvgIpc) is 3.15. The average molecular weight is 343 g/mol. The minimum absolute atomic E-state index is 0.276. The van der Waals surface area contributed by atoms with Crippen molar-refractivity contribution in [2.75, 3.05) is 18.5 Å². The van der Waals surface area contributed by atoms with Crippen molar-refractivity contribution in [1.82, 2.24) is 20.1 Å². The Hall–Kier alpha value is -2.41. The molecule has 25 heavy (non-hydrogen) atoms. The number of amides is 2. The number of nitrogens with zero attached hydrogens (tertiary/aromatic N) is 3. The number of nitrogens with one attached hydrogen (secondary N) is 2. The molecule has 134 valence electrons. The van der Waals surface area contributed by atoms with Crippen LogP contribution in [-0.4, -0.2) is 40.1 Å². The van der Waals surface area contributed by atoms with E-state index in [1.807, 2.05) is 6.07 Å². The van der Waals surface area contributed by atoms with E-state index in [2.05, 4.69) is 27.6 Å². The van der Waals surface area contributed by atoms with Crippen LogP contribution in [0.2, 0.25) is 0 Å². The molecule has 2 aromatic heterocycles. The maximum Gasteiger partial charge on any atom is 0.319 e. The number of anilines is 1. The van der Waals surface area contributed by atoms with E-state index >= 15 is 0 Å². The van der Waals surface area contributed by atoms with Crippen molar-refractivity contribution in [2.45, 2.75) is 38.7 Å². The van der Waals surface area contributed by atoms with E-state index in [1.54, 1.807) is 35.4 Å². The lowest BCUT2D eigenvalue weighted by Gasteiger charge is -2.28. The number of ether oxygens (including phenoxy) is 1. The van der Waals surface area contributed by atoms with E-state index in [0.29, 0.717) is 36.7 Å². The summed E-state index contributed by atoms with van der Waals surface area (Å²) < 4.78 is 7.52. The molecule has 1 aliphatic rings. The van der Waals surface area contributed by atoms with Gasteiger partial charge in [-0.05, 0) is 37.0 Å². The van der Waals surface area contributed by atoms with Crippen LogP contribution in [0.1, 0.15) is 32.6 Å². The second-order valence-electron chi connectivity index (χ2n) is 6.38. The van der Waals surface area contributed by atoms with Crippen LogP contribution in [0.15, 0.2) is 36.8 Å². The van der Waals surface area contributed by atoms with Crippen molar-refractivity contribution < 1.29 is 9.53 Å². The summed E-state index contributed by atoms with van der Waals surface area (Å²) in [6, 6.07) is 5.10. The van der Waals surface area contributed by atoms with E-state index in [-0.39, 0.29) is 6.03 Å². The van der Waals surface area contributed by atoms with Crippen molar-refractivity contribution in [3.63, 3.8) is 0 Å². The first-order valence-electron chi connectivity index (χ1n) is 8.85. The molecule has 1 aliphatic carbocycles. The molecule has 2 aromatic rings. The van der Waals surface area contributed by atoms with Gasteiger partial charge in [-0.15, -0.1) is 0 Å². The van der Waals surface area contributed by atoms with Crippen LogP contribution in [0, 0.1) is 5.92 Å². The van der Waals surface area contributed by atoms with Crippen LogP contribution in [0.4, 0.5) is 10.5 Å². The molecule has 2 N–H and O–H groups in total. The minimum Gasteiger partial charge on any atom is -0.376 e. The standard InChI is InChI=1S/C18H25N5O2/c1-14-6-2-3-8-16(14)25-13-11-20-18(24)22-15-7-4-9-19-17(15)23-12-5-10-21-23/h4-5,7,9-10,12,14,16H,2-3,6,8,11,13H2,1H3,(H2,20,22,24)/t14-,16-/m0/s1. The maximum atomic E-state index is 12.1. The summed E-state index contributed by atoms with van der Waals surface area (Å²) in [6.07, 6.45) is 10.3. The number of urea groups is 1. The van der Waals surface area contributed by atoms with Gasteiger partial charge in [0, 0.05) is 25.1 Å². The first-order valence-corrected chi connectivity index (χ1v) is 8.85. The molecule has 0 bridgehead atoms. The summed E-state index contributed by atoms with van der Waals surface area (Å²) in [6.45, 7) is 3.25. The van der Waals surface area contributed by atoms with Gasteiger partial charge in [0.25, 0.3) is 0 Å². The minimum atomic E-state index is -0.276. The smallest absolute Gasteiger partial charge is 0.319 e. The van der Waals surface area contributed by atoms with E-state index < -0.39 is 0 Å². The molecule has 2 amide bonds. The van der Waals surface area contributed by atoms with Gasteiger partial charge in [-0.2, -0.15) is 5.10 Å². The molecule has 0 saturated heterocycles. The fourth-order valence-electron chi connectivity index (χ4n) is 3.14. The number of carbonyl (C=O) groups is 1. The van der Waals surface area contributed by atoms with Crippen LogP contribution in [0.3, 0.4) is 0 Å². The van der Waals surface area contributed by atoms with Crippen LogP contribution in [0.25, 0.3) is 5.82 Å². The highest BCUT2D eigenvalue weighted by Gasteiger charge is 2.21. The normalized spacial score (nSPS) is 20.2. The van der Waals surface area contributed by atoms with Crippen LogP contribution < -0.4 is 10.6 Å². The van der Waals surface area contributed by atoms with Crippen LogP contribution >= 0.6 is 0 Å². The second-order valence-corrected chi connectivity index (χ2v) is 6.38. The Morgan fingerprint density at radius 1 is 1.32 bits per heavy atom. The number of carbonyl (C=O) groups excluding carboxylic acids is 1. The van der Waals surface area contributed by atoms with Gasteiger partial charge in [-0.3, -0.25) is 0 Å². The molecule has 0 aromatic carbocycles. The molecule has 7 nitrogen and oxygen atoms in total. The maximum absolute atomic E-state index is 12.1. The van der Waals surface area contributed by atoms with Crippen LogP contribution in [-0.2, 0) is 4.74 Å². The summed E-state index contributed by atoms with van der Waals surface area (Å²) in [5, 5.41) is 9.79. The largest absolute Gasteiger partial charge is 0.376 e. The SMILES string of the molecule is C[C@H]1CCCC[C@@H]1OCCNC(=O)Nc1cccnc1-n1cccn1. The molecule has 1 saturated carbocycles. The highest BCUT2D eigenvalue weighted by molar-refractivity contribution is 5.90. The number of hydrogen-bond donors (Lipinski definition) is 2. The molecule has 3 rings (SSSR count). The Kier molecular flexibility index (Phi) is 6.00. The summed E-state index contributed by atoms with van der Waals surface area (Å²) in [5.74, 6) is 1.18. The summed E-state index contributed by atoms with van der Waals surface area (Å²) in [4.78, 5) is 16.4. The monoisotopic (exact) mass is 343 g/mol. The topological polar surface area (TPSA) is 81.1 Å². The Morgan fingerprint density at radius 2 is 2.20 bits per heavy atom. The third kappa shape index (κ3) is 4.79. The summed E-state index contributed by atoms with van der Waals surface area (Å²) in [7, 11) is 0. The highest BCUT2D eigenvalue weighted by Crippen LogP contribution is 2.26. The van der Waals surface area contributed by atoms with Gasteiger partial charge in [-0.25, -0.2) is 14.5 Å². The quantitative estimate of drug-likeness (QED) is 0.790. The predicted molar refractivity (Wildman–Crippen MR) is 95.8 cm³/mol. The van der Waals surface area contributed by atoms with Crippen molar-refractivity contribution in [2.24, 2.45) is 5.92 Å². The van der Waals surface area contributed by atoms with Gasteiger partial charge in [-0.1, -0.05) is 19.8 Å². The molecule has 0 unspecified atom stereocenters. The molecule has 1 fully saturated rings. The van der Waals surface area contributed by atoms with Gasteiger partial charge in [0.15, 0.2) is 5.82 Å². The van der Waals surface area contributed by atoms with Gasteiger partial charge >= 0.3 is 6.03 Å². The molecule has 0 spiro atoms. The number of hydrogen-bond acceptors (Lipinski definition) is 4. The van der Waals surface area contributed by atoms with Crippen molar-refractivity contribution >= 4 is 11.7 Å². The van der Waals surface area contributed by atoms with E-state index in [1.165, 1.54) is 19.3 Å². The summed E-state index contributed by atoms with van der Waals surface area (Å²) in [5.41, 5.74) is 0.602. The lowest BCUT2D eigenvalue weighted by atomic mass is 9.88. The molecule has 2 atom stereocenters. The van der Waals surface area contributed by atoms with E-state index in [0.717, 1.165) is 6.42 Å². The number of pyridine rings is 1. The van der Waals surface area contributed by atoms with Gasteiger partial charge in [0.05, 0.1) is 18.4 Å². The Morgan fingerprint density at radius 3 is 3.00 bits per heavy atom. The number of rotatable bonds is 6. The second kappa shape index (κ2) is 8.62. The number of aromatic nitrogens is 3. The van der Waals surface area contributed by atoms with E-state index in [9.17, 15) is 4.79 Å². The van der Waals surface area contributed by atoms with Crippen molar-refractivity contribution in [1.29, 1.82) is 0 Å². The molecule has 2 heterocycles. The Labute approximate surface area is 147 Å². The summed E-state index contributed by atoms with van der Waals surface area (Å²) >= 11 is 0.